The first kappa shape index (κ1) is 23.5. The fourth-order valence-electron chi connectivity index (χ4n) is 4.33. The van der Waals surface area contributed by atoms with Gasteiger partial charge in [0, 0.05) is 39.6 Å². The third-order valence-electron chi connectivity index (χ3n) is 5.72. The van der Waals surface area contributed by atoms with E-state index in [1.807, 2.05) is 54.7 Å². The first-order chi connectivity index (χ1) is 16.8. The number of thiocarbonyl (C=S) groups is 1. The zero-order valence-corrected chi connectivity index (χ0v) is 21.9. The van der Waals surface area contributed by atoms with Crippen LogP contribution in [0.25, 0.3) is 5.69 Å². The second-order valence-corrected chi connectivity index (χ2v) is 11.3. The molecule has 35 heavy (non-hydrogen) atoms. The molecule has 0 unspecified atom stereocenters. The SMILES string of the molecule is CS(=O)(=O)Nc1ccc(N2C(=S)N[C@H](c3ccccn3)[C@H]2c2cccn2-c2cccc(Br)c2)cc1. The third kappa shape index (κ3) is 4.95. The van der Waals surface area contributed by atoms with Crippen LogP contribution in [-0.4, -0.2) is 29.3 Å². The van der Waals surface area contributed by atoms with Crippen molar-refractivity contribution in [2.24, 2.45) is 0 Å². The minimum absolute atomic E-state index is 0.196. The second-order valence-electron chi connectivity index (χ2n) is 8.20. The number of rotatable bonds is 6. The second kappa shape index (κ2) is 9.44. The summed E-state index contributed by atoms with van der Waals surface area (Å²) in [6, 6.07) is 24.9. The van der Waals surface area contributed by atoms with E-state index in [-0.39, 0.29) is 12.1 Å². The highest BCUT2D eigenvalue weighted by molar-refractivity contribution is 9.10. The zero-order chi connectivity index (χ0) is 24.6. The number of hydrogen-bond donors (Lipinski definition) is 2. The predicted molar refractivity (Wildman–Crippen MR) is 146 cm³/mol. The molecule has 2 atom stereocenters. The van der Waals surface area contributed by atoms with Gasteiger partial charge in [-0.1, -0.05) is 28.1 Å². The molecule has 0 aliphatic carbocycles. The summed E-state index contributed by atoms with van der Waals surface area (Å²) in [5.41, 5.74) is 4.25. The molecule has 5 rings (SSSR count). The standard InChI is InChI=1S/C25H22BrN5O2S2/c1-35(32,33)29-18-10-12-19(13-11-18)31-24(23(28-25(31)34)21-8-2-3-14-27-21)22-9-5-15-30(22)20-7-4-6-17(26)16-20/h2-16,23-24,29H,1H3,(H,28,34)/t23-,24-/m1/s1. The van der Waals surface area contributed by atoms with Crippen LogP contribution in [0.4, 0.5) is 11.4 Å². The lowest BCUT2D eigenvalue weighted by Gasteiger charge is -2.29. The van der Waals surface area contributed by atoms with Crippen LogP contribution >= 0.6 is 28.1 Å². The summed E-state index contributed by atoms with van der Waals surface area (Å²) < 4.78 is 28.9. The molecule has 4 aromatic rings. The molecule has 1 aliphatic heterocycles. The Balaban J connectivity index is 1.61. The van der Waals surface area contributed by atoms with Crippen molar-refractivity contribution in [3.8, 4) is 5.69 Å². The van der Waals surface area contributed by atoms with E-state index in [4.69, 9.17) is 12.2 Å². The Kier molecular flexibility index (Phi) is 6.35. The lowest BCUT2D eigenvalue weighted by Crippen LogP contribution is -2.30. The average molecular weight is 569 g/mol. The summed E-state index contributed by atoms with van der Waals surface area (Å²) >= 11 is 9.38. The first-order valence-corrected chi connectivity index (χ1v) is 13.9. The van der Waals surface area contributed by atoms with Gasteiger partial charge in [-0.3, -0.25) is 9.71 Å². The molecule has 0 spiro atoms. The number of hydrogen-bond acceptors (Lipinski definition) is 4. The van der Waals surface area contributed by atoms with E-state index in [1.165, 1.54) is 0 Å². The molecule has 0 bridgehead atoms. The molecule has 3 heterocycles. The third-order valence-corrected chi connectivity index (χ3v) is 7.13. The fraction of sp³-hybridized carbons (Fsp3) is 0.120. The molecule has 178 valence electrons. The van der Waals surface area contributed by atoms with Crippen molar-refractivity contribution in [1.29, 1.82) is 0 Å². The van der Waals surface area contributed by atoms with Gasteiger partial charge in [-0.25, -0.2) is 8.42 Å². The number of anilines is 2. The van der Waals surface area contributed by atoms with Crippen LogP contribution < -0.4 is 14.9 Å². The summed E-state index contributed by atoms with van der Waals surface area (Å²) in [7, 11) is -3.37. The highest BCUT2D eigenvalue weighted by Gasteiger charge is 2.42. The van der Waals surface area contributed by atoms with Crippen LogP contribution in [0.1, 0.15) is 23.5 Å². The molecule has 2 aromatic heterocycles. The maximum absolute atomic E-state index is 11.6. The summed E-state index contributed by atoms with van der Waals surface area (Å²) in [4.78, 5) is 6.67. The van der Waals surface area contributed by atoms with Crippen molar-refractivity contribution in [3.05, 3.63) is 107 Å². The molecule has 0 amide bonds. The molecule has 1 aliphatic rings. The minimum atomic E-state index is -3.37. The van der Waals surface area contributed by atoms with Crippen LogP contribution in [-0.2, 0) is 10.0 Å². The van der Waals surface area contributed by atoms with Crippen molar-refractivity contribution >= 4 is 54.7 Å². The molecule has 2 N–H and O–H groups in total. The molecule has 0 saturated carbocycles. The Bertz CT molecular complexity index is 1470. The van der Waals surface area contributed by atoms with Crippen molar-refractivity contribution in [1.82, 2.24) is 14.9 Å². The zero-order valence-electron chi connectivity index (χ0n) is 18.7. The van der Waals surface area contributed by atoms with E-state index >= 15 is 0 Å². The van der Waals surface area contributed by atoms with Crippen molar-refractivity contribution in [2.75, 3.05) is 15.9 Å². The Morgan fingerprint density at radius 3 is 2.49 bits per heavy atom. The summed E-state index contributed by atoms with van der Waals surface area (Å²) in [6.07, 6.45) is 4.94. The van der Waals surface area contributed by atoms with Crippen LogP contribution in [0, 0.1) is 0 Å². The number of sulfonamides is 1. The van der Waals surface area contributed by atoms with Gasteiger partial charge < -0.3 is 14.8 Å². The van der Waals surface area contributed by atoms with Crippen molar-refractivity contribution in [2.45, 2.75) is 12.1 Å². The lowest BCUT2D eigenvalue weighted by atomic mass is 10.0. The van der Waals surface area contributed by atoms with E-state index in [0.717, 1.165) is 33.5 Å². The highest BCUT2D eigenvalue weighted by atomic mass is 79.9. The smallest absolute Gasteiger partial charge is 0.229 e. The van der Waals surface area contributed by atoms with Crippen molar-refractivity contribution in [3.63, 3.8) is 0 Å². The van der Waals surface area contributed by atoms with Gasteiger partial charge in [-0.2, -0.15) is 0 Å². The summed E-state index contributed by atoms with van der Waals surface area (Å²) in [6.45, 7) is 0. The van der Waals surface area contributed by atoms with Gasteiger partial charge in [0.1, 0.15) is 6.04 Å². The molecule has 2 aromatic carbocycles. The van der Waals surface area contributed by atoms with E-state index in [9.17, 15) is 8.42 Å². The number of benzene rings is 2. The predicted octanol–water partition coefficient (Wildman–Crippen LogP) is 5.18. The highest BCUT2D eigenvalue weighted by Crippen LogP contribution is 2.42. The van der Waals surface area contributed by atoms with Gasteiger partial charge in [0.15, 0.2) is 5.11 Å². The van der Waals surface area contributed by atoms with Gasteiger partial charge in [0.25, 0.3) is 0 Å². The number of halogens is 1. The van der Waals surface area contributed by atoms with Gasteiger partial charge >= 0.3 is 0 Å². The lowest BCUT2D eigenvalue weighted by molar-refractivity contribution is 0.549. The Morgan fingerprint density at radius 2 is 1.80 bits per heavy atom. The van der Waals surface area contributed by atoms with Crippen LogP contribution in [0.3, 0.4) is 0 Å². The molecular formula is C25H22BrN5O2S2. The average Bonchev–Trinajstić information content (AvgIpc) is 3.43. The van der Waals surface area contributed by atoms with E-state index in [1.54, 1.807) is 18.3 Å². The van der Waals surface area contributed by atoms with Crippen LogP contribution in [0.15, 0.2) is 95.7 Å². The van der Waals surface area contributed by atoms with Gasteiger partial charge in [0.05, 0.1) is 18.0 Å². The molecule has 10 heteroatoms. The van der Waals surface area contributed by atoms with E-state index in [2.05, 4.69) is 58.6 Å². The van der Waals surface area contributed by atoms with Crippen LogP contribution in [0.5, 0.6) is 0 Å². The maximum atomic E-state index is 11.6. The number of nitrogens with one attached hydrogen (secondary N) is 2. The monoisotopic (exact) mass is 567 g/mol. The van der Waals surface area contributed by atoms with Crippen molar-refractivity contribution < 1.29 is 8.42 Å². The Labute approximate surface area is 218 Å². The molecule has 1 saturated heterocycles. The molecule has 1 fully saturated rings. The van der Waals surface area contributed by atoms with E-state index in [0.29, 0.717) is 10.8 Å². The minimum Gasteiger partial charge on any atom is -0.351 e. The summed E-state index contributed by atoms with van der Waals surface area (Å²) in [5.74, 6) is 0. The topological polar surface area (TPSA) is 79.3 Å². The first-order valence-electron chi connectivity index (χ1n) is 10.8. The maximum Gasteiger partial charge on any atom is 0.229 e. The van der Waals surface area contributed by atoms with Gasteiger partial charge in [0.2, 0.25) is 10.0 Å². The van der Waals surface area contributed by atoms with E-state index < -0.39 is 10.0 Å². The summed E-state index contributed by atoms with van der Waals surface area (Å²) in [5, 5.41) is 4.03. The number of aromatic nitrogens is 2. The quantitative estimate of drug-likeness (QED) is 0.312. The Hall–Kier alpha value is -3.21. The fourth-order valence-corrected chi connectivity index (χ4v) is 5.63. The Morgan fingerprint density at radius 1 is 1.00 bits per heavy atom. The van der Waals surface area contributed by atoms with Gasteiger partial charge in [-0.15, -0.1) is 0 Å². The molecule has 0 radical (unpaired) electrons. The van der Waals surface area contributed by atoms with Crippen LogP contribution in [0.2, 0.25) is 0 Å². The molecular weight excluding hydrogens is 546 g/mol. The number of nitrogens with zero attached hydrogens (tertiary/aromatic N) is 3. The normalized spacial score (nSPS) is 17.9. The van der Waals surface area contributed by atoms with Gasteiger partial charge in [-0.05, 0) is 78.9 Å². The largest absolute Gasteiger partial charge is 0.351 e. The number of pyridine rings is 1. The molecule has 7 nitrogen and oxygen atoms in total.